The van der Waals surface area contributed by atoms with E-state index in [4.69, 9.17) is 0 Å². The summed E-state index contributed by atoms with van der Waals surface area (Å²) >= 11 is 1.25. The van der Waals surface area contributed by atoms with E-state index in [1.807, 2.05) is 24.1 Å². The Morgan fingerprint density at radius 1 is 1.46 bits per heavy atom. The van der Waals surface area contributed by atoms with Crippen LogP contribution in [-0.4, -0.2) is 26.8 Å². The van der Waals surface area contributed by atoms with Crippen LogP contribution in [0.5, 0.6) is 0 Å². The van der Waals surface area contributed by atoms with Crippen molar-refractivity contribution in [3.63, 3.8) is 0 Å². The Balaban J connectivity index is 2.29. The summed E-state index contributed by atoms with van der Waals surface area (Å²) in [7, 11) is 1.90. The average Bonchev–Trinajstić information content (AvgIpc) is 2.71. The molecule has 0 saturated heterocycles. The van der Waals surface area contributed by atoms with E-state index in [1.54, 1.807) is 12.4 Å². The first-order valence-electron chi connectivity index (χ1n) is 3.67. The maximum Gasteiger partial charge on any atom is 0.232 e. The van der Waals surface area contributed by atoms with Crippen LogP contribution in [0.2, 0.25) is 0 Å². The fourth-order valence-electron chi connectivity index (χ4n) is 0.920. The number of nitrogens with zero attached hydrogens (tertiary/aromatic N) is 5. The molecular weight excluding hydrogens is 186 g/mol. The molecule has 0 spiro atoms. The van der Waals surface area contributed by atoms with E-state index in [0.29, 0.717) is 0 Å². The van der Waals surface area contributed by atoms with Gasteiger partial charge in [0.05, 0.1) is 11.9 Å². The first kappa shape index (κ1) is 8.06. The number of pyridine rings is 1. The molecule has 2 aromatic rings. The van der Waals surface area contributed by atoms with Gasteiger partial charge in [0.15, 0.2) is 0 Å². The van der Waals surface area contributed by atoms with Crippen LogP contribution in [0.1, 0.15) is 0 Å². The van der Waals surface area contributed by atoms with Gasteiger partial charge < -0.3 is 4.90 Å². The summed E-state index contributed by atoms with van der Waals surface area (Å²) in [6.45, 7) is 0. The molecule has 0 amide bonds. The molecule has 6 heteroatoms. The molecule has 0 aliphatic heterocycles. The monoisotopic (exact) mass is 193 g/mol. The highest BCUT2D eigenvalue weighted by molar-refractivity contribution is 7.09. The Bertz CT molecular complexity index is 360. The number of aromatic nitrogens is 4. The summed E-state index contributed by atoms with van der Waals surface area (Å²) in [6, 6.07) is 3.83. The summed E-state index contributed by atoms with van der Waals surface area (Å²) in [4.78, 5) is 5.90. The van der Waals surface area contributed by atoms with Crippen LogP contribution in [-0.2, 0) is 0 Å². The molecular formula is C7H7N5S. The Morgan fingerprint density at radius 2 is 2.38 bits per heavy atom. The standard InChI is InChI=1S/C7H7N5S/c1-12(7-9-10-11-13-7)6-3-2-4-8-5-6/h2-5H,1H3. The molecule has 0 bridgehead atoms. The predicted molar refractivity (Wildman–Crippen MR) is 50.0 cm³/mol. The van der Waals surface area contributed by atoms with Crippen molar-refractivity contribution in [3.8, 4) is 0 Å². The minimum absolute atomic E-state index is 0.757. The van der Waals surface area contributed by atoms with E-state index in [-0.39, 0.29) is 0 Å². The Morgan fingerprint density at radius 3 is 3.00 bits per heavy atom. The normalized spacial score (nSPS) is 9.92. The van der Waals surface area contributed by atoms with E-state index in [2.05, 4.69) is 19.8 Å². The number of hydrogen-bond donors (Lipinski definition) is 0. The zero-order chi connectivity index (χ0) is 9.10. The highest BCUT2D eigenvalue weighted by Crippen LogP contribution is 2.21. The molecule has 0 aromatic carbocycles. The summed E-state index contributed by atoms with van der Waals surface area (Å²) in [5.41, 5.74) is 0.973. The minimum atomic E-state index is 0.757. The van der Waals surface area contributed by atoms with Crippen LogP contribution in [0.4, 0.5) is 10.8 Å². The number of hydrogen-bond acceptors (Lipinski definition) is 6. The van der Waals surface area contributed by atoms with Crippen LogP contribution in [0.3, 0.4) is 0 Å². The molecule has 0 aliphatic rings. The van der Waals surface area contributed by atoms with Crippen molar-refractivity contribution in [2.45, 2.75) is 0 Å². The SMILES string of the molecule is CN(c1cccnc1)c1nnns1. The smallest absolute Gasteiger partial charge is 0.232 e. The first-order valence-corrected chi connectivity index (χ1v) is 4.44. The maximum absolute atomic E-state index is 4.01. The quantitative estimate of drug-likeness (QED) is 0.714. The molecule has 0 radical (unpaired) electrons. The van der Waals surface area contributed by atoms with Crippen molar-refractivity contribution in [1.82, 2.24) is 19.8 Å². The van der Waals surface area contributed by atoms with Gasteiger partial charge in [0.1, 0.15) is 0 Å². The highest BCUT2D eigenvalue weighted by Gasteiger charge is 2.06. The van der Waals surface area contributed by atoms with Crippen molar-refractivity contribution in [2.24, 2.45) is 0 Å². The van der Waals surface area contributed by atoms with E-state index >= 15 is 0 Å². The zero-order valence-electron chi connectivity index (χ0n) is 6.95. The lowest BCUT2D eigenvalue weighted by molar-refractivity contribution is 0.943. The molecule has 0 N–H and O–H groups in total. The van der Waals surface area contributed by atoms with E-state index in [1.165, 1.54) is 11.5 Å². The second-order valence-electron chi connectivity index (χ2n) is 2.42. The molecule has 0 atom stereocenters. The van der Waals surface area contributed by atoms with Crippen LogP contribution in [0.25, 0.3) is 0 Å². The van der Waals surface area contributed by atoms with Gasteiger partial charge in [0.2, 0.25) is 5.13 Å². The number of anilines is 2. The van der Waals surface area contributed by atoms with E-state index in [9.17, 15) is 0 Å². The van der Waals surface area contributed by atoms with Crippen LogP contribution in [0, 0.1) is 0 Å². The van der Waals surface area contributed by atoms with Gasteiger partial charge in [-0.05, 0) is 17.3 Å². The maximum atomic E-state index is 4.01. The first-order chi connectivity index (χ1) is 6.38. The lowest BCUT2D eigenvalue weighted by Gasteiger charge is -2.12. The Kier molecular flexibility index (Phi) is 2.13. The summed E-state index contributed by atoms with van der Waals surface area (Å²) < 4.78 is 3.69. The fraction of sp³-hybridized carbons (Fsp3) is 0.143. The lowest BCUT2D eigenvalue weighted by atomic mass is 10.4. The largest absolute Gasteiger partial charge is 0.317 e. The molecule has 2 heterocycles. The van der Waals surface area contributed by atoms with Gasteiger partial charge in [-0.3, -0.25) is 4.98 Å². The molecule has 2 rings (SSSR count). The molecule has 2 aromatic heterocycles. The van der Waals surface area contributed by atoms with Gasteiger partial charge in [0, 0.05) is 24.8 Å². The Labute approximate surface area is 79.2 Å². The van der Waals surface area contributed by atoms with E-state index in [0.717, 1.165) is 10.8 Å². The van der Waals surface area contributed by atoms with Gasteiger partial charge >= 0.3 is 0 Å². The second-order valence-corrected chi connectivity index (χ2v) is 3.13. The predicted octanol–water partition coefficient (Wildman–Crippen LogP) is 1.10. The van der Waals surface area contributed by atoms with Crippen LogP contribution in [0.15, 0.2) is 24.5 Å². The van der Waals surface area contributed by atoms with Crippen molar-refractivity contribution >= 4 is 22.4 Å². The zero-order valence-corrected chi connectivity index (χ0v) is 7.77. The third-order valence-corrected chi connectivity index (χ3v) is 2.28. The molecule has 5 nitrogen and oxygen atoms in total. The molecule has 0 fully saturated rings. The minimum Gasteiger partial charge on any atom is -0.317 e. The van der Waals surface area contributed by atoms with Gasteiger partial charge in [-0.15, -0.1) is 0 Å². The van der Waals surface area contributed by atoms with Gasteiger partial charge in [-0.1, -0.05) is 9.59 Å². The van der Waals surface area contributed by atoms with Crippen molar-refractivity contribution < 1.29 is 0 Å². The fourth-order valence-corrected chi connectivity index (χ4v) is 1.37. The van der Waals surface area contributed by atoms with Crippen molar-refractivity contribution in [1.29, 1.82) is 0 Å². The third kappa shape index (κ3) is 1.62. The Hall–Kier alpha value is -1.56. The molecule has 0 aliphatic carbocycles. The van der Waals surface area contributed by atoms with Gasteiger partial charge in [0.25, 0.3) is 0 Å². The number of rotatable bonds is 2. The summed E-state index contributed by atoms with van der Waals surface area (Å²) in [5, 5.41) is 8.13. The van der Waals surface area contributed by atoms with Gasteiger partial charge in [-0.2, -0.15) is 0 Å². The molecule has 0 unspecified atom stereocenters. The topological polar surface area (TPSA) is 54.8 Å². The average molecular weight is 193 g/mol. The van der Waals surface area contributed by atoms with Crippen LogP contribution < -0.4 is 4.90 Å². The molecule has 0 saturated carbocycles. The third-order valence-electron chi connectivity index (χ3n) is 1.61. The van der Waals surface area contributed by atoms with Crippen LogP contribution >= 0.6 is 11.5 Å². The molecule has 66 valence electrons. The summed E-state index contributed by atoms with van der Waals surface area (Å²) in [5.74, 6) is 0. The summed E-state index contributed by atoms with van der Waals surface area (Å²) in [6.07, 6.45) is 3.50. The van der Waals surface area contributed by atoms with Crippen molar-refractivity contribution in [3.05, 3.63) is 24.5 Å². The van der Waals surface area contributed by atoms with Crippen molar-refractivity contribution in [2.75, 3.05) is 11.9 Å². The molecule has 13 heavy (non-hydrogen) atoms. The van der Waals surface area contributed by atoms with E-state index < -0.39 is 0 Å². The lowest BCUT2D eigenvalue weighted by Crippen LogP contribution is -2.08. The highest BCUT2D eigenvalue weighted by atomic mass is 32.1. The second kappa shape index (κ2) is 3.44. The van der Waals surface area contributed by atoms with Gasteiger partial charge in [-0.25, -0.2) is 0 Å².